The van der Waals surface area contributed by atoms with Gasteiger partial charge < -0.3 is 16.0 Å². The number of nitrogens with one attached hydrogen (secondary N) is 2. The number of hydrogen-bond acceptors (Lipinski definition) is 2. The molecule has 0 unspecified atom stereocenters. The lowest BCUT2D eigenvalue weighted by Gasteiger charge is -2.11. The molecule has 4 N–H and O–H groups in total. The van der Waals surface area contributed by atoms with Gasteiger partial charge in [0, 0.05) is 36.2 Å². The molecule has 1 aliphatic carbocycles. The molecule has 0 radical (unpaired) electrons. The topological polar surface area (TPSA) is 53.8 Å². The van der Waals surface area contributed by atoms with Crippen molar-refractivity contribution in [2.45, 2.75) is 45.3 Å². The summed E-state index contributed by atoms with van der Waals surface area (Å²) < 4.78 is 0. The van der Waals surface area contributed by atoms with Crippen LogP contribution in [0.2, 0.25) is 0 Å². The average Bonchev–Trinajstić information content (AvgIpc) is 3.00. The highest BCUT2D eigenvalue weighted by Crippen LogP contribution is 2.29. The lowest BCUT2D eigenvalue weighted by molar-refractivity contribution is 0.679. The smallest absolute Gasteiger partial charge is 0.0459 e. The number of H-pyrrole nitrogens is 1. The Morgan fingerprint density at radius 3 is 2.58 bits per heavy atom. The Morgan fingerprint density at radius 2 is 1.71 bits per heavy atom. The van der Waals surface area contributed by atoms with Gasteiger partial charge in [-0.2, -0.15) is 0 Å². The summed E-state index contributed by atoms with van der Waals surface area (Å²) in [6, 6.07) is 15.3. The molecule has 1 aromatic heterocycles. The molecule has 3 aromatic rings. The Kier molecular flexibility index (Phi) is 4.37. The quantitative estimate of drug-likeness (QED) is 0.670. The lowest BCUT2D eigenvalue weighted by atomic mass is 9.95. The number of fused-ring (bicyclic) bond motifs is 3. The van der Waals surface area contributed by atoms with Gasteiger partial charge in [-0.25, -0.2) is 0 Å². The van der Waals surface area contributed by atoms with Crippen molar-refractivity contribution >= 4 is 10.9 Å². The number of aromatic amines is 1. The maximum atomic E-state index is 5.71. The second kappa shape index (κ2) is 6.80. The maximum absolute atomic E-state index is 5.71. The Hall–Kier alpha value is -2.10. The molecule has 2 aromatic carbocycles. The van der Waals surface area contributed by atoms with Gasteiger partial charge in [0.05, 0.1) is 0 Å². The van der Waals surface area contributed by atoms with E-state index >= 15 is 0 Å². The first-order chi connectivity index (χ1) is 11.8. The average molecular weight is 319 g/mol. The van der Waals surface area contributed by atoms with Crippen molar-refractivity contribution in [2.24, 2.45) is 5.73 Å². The molecule has 4 rings (SSSR count). The van der Waals surface area contributed by atoms with Crippen LogP contribution in [-0.4, -0.2) is 4.98 Å². The minimum atomic E-state index is 0.600. The van der Waals surface area contributed by atoms with E-state index in [1.54, 1.807) is 5.56 Å². The Balaban J connectivity index is 1.46. The van der Waals surface area contributed by atoms with Crippen molar-refractivity contribution in [3.05, 3.63) is 70.4 Å². The van der Waals surface area contributed by atoms with Gasteiger partial charge in [0.25, 0.3) is 0 Å². The van der Waals surface area contributed by atoms with E-state index in [1.165, 1.54) is 59.0 Å². The number of nitrogens with two attached hydrogens (primary N) is 1. The van der Waals surface area contributed by atoms with E-state index in [2.05, 4.69) is 52.8 Å². The summed E-state index contributed by atoms with van der Waals surface area (Å²) in [5.74, 6) is 0. The van der Waals surface area contributed by atoms with E-state index in [1.807, 2.05) is 0 Å². The predicted molar refractivity (Wildman–Crippen MR) is 99.8 cm³/mol. The summed E-state index contributed by atoms with van der Waals surface area (Å²) in [4.78, 5) is 3.61. The molecule has 0 bridgehead atoms. The highest BCUT2D eigenvalue weighted by molar-refractivity contribution is 5.85. The summed E-state index contributed by atoms with van der Waals surface area (Å²) in [6.07, 6.45) is 5.06. The molecule has 124 valence electrons. The standard InChI is InChI=1S/C21H25N3/c22-12-15-4-3-5-16(10-15)13-23-14-17-8-9-21-19(11-17)18-6-1-2-7-20(18)24-21/h3-5,8-11,23-24H,1-2,6-7,12-14,22H2. The minimum absolute atomic E-state index is 0.600. The van der Waals surface area contributed by atoms with Crippen molar-refractivity contribution in [3.8, 4) is 0 Å². The van der Waals surface area contributed by atoms with E-state index in [9.17, 15) is 0 Å². The van der Waals surface area contributed by atoms with Crippen molar-refractivity contribution in [1.29, 1.82) is 0 Å². The van der Waals surface area contributed by atoms with Crippen LogP contribution >= 0.6 is 0 Å². The molecule has 0 fully saturated rings. The zero-order chi connectivity index (χ0) is 16.4. The first kappa shape index (κ1) is 15.4. The van der Waals surface area contributed by atoms with Crippen molar-refractivity contribution in [2.75, 3.05) is 0 Å². The zero-order valence-corrected chi connectivity index (χ0v) is 14.1. The third kappa shape index (κ3) is 3.10. The molecule has 0 saturated heterocycles. The molecule has 0 spiro atoms. The van der Waals surface area contributed by atoms with E-state index in [-0.39, 0.29) is 0 Å². The van der Waals surface area contributed by atoms with Crippen molar-refractivity contribution in [3.63, 3.8) is 0 Å². The van der Waals surface area contributed by atoms with Crippen LogP contribution in [0.5, 0.6) is 0 Å². The molecular formula is C21H25N3. The normalized spacial score (nSPS) is 14.0. The Labute approximate surface area is 143 Å². The van der Waals surface area contributed by atoms with Crippen LogP contribution in [0.1, 0.15) is 40.8 Å². The molecule has 3 nitrogen and oxygen atoms in total. The van der Waals surface area contributed by atoms with Gasteiger partial charge in [0.1, 0.15) is 0 Å². The van der Waals surface area contributed by atoms with Gasteiger partial charge in [-0.15, -0.1) is 0 Å². The summed E-state index contributed by atoms with van der Waals surface area (Å²) in [5.41, 5.74) is 13.8. The van der Waals surface area contributed by atoms with Crippen LogP contribution in [0, 0.1) is 0 Å². The van der Waals surface area contributed by atoms with Gasteiger partial charge in [-0.05, 0) is 60.1 Å². The van der Waals surface area contributed by atoms with Crippen LogP contribution in [0.4, 0.5) is 0 Å². The Bertz CT molecular complexity index is 847. The van der Waals surface area contributed by atoms with E-state index < -0.39 is 0 Å². The zero-order valence-electron chi connectivity index (χ0n) is 14.1. The van der Waals surface area contributed by atoms with E-state index in [4.69, 9.17) is 5.73 Å². The Morgan fingerprint density at radius 1 is 0.917 bits per heavy atom. The largest absolute Gasteiger partial charge is 0.358 e. The number of hydrogen-bond donors (Lipinski definition) is 3. The van der Waals surface area contributed by atoms with Gasteiger partial charge in [0.15, 0.2) is 0 Å². The molecular weight excluding hydrogens is 294 g/mol. The van der Waals surface area contributed by atoms with Gasteiger partial charge in [-0.3, -0.25) is 0 Å². The molecule has 1 heterocycles. The van der Waals surface area contributed by atoms with Crippen LogP contribution in [-0.2, 0) is 32.5 Å². The van der Waals surface area contributed by atoms with Crippen LogP contribution in [0.25, 0.3) is 10.9 Å². The highest BCUT2D eigenvalue weighted by atomic mass is 14.8. The second-order valence-corrected chi connectivity index (χ2v) is 6.80. The van der Waals surface area contributed by atoms with Crippen LogP contribution in [0.3, 0.4) is 0 Å². The number of aryl methyl sites for hydroxylation is 2. The van der Waals surface area contributed by atoms with Crippen LogP contribution < -0.4 is 11.1 Å². The van der Waals surface area contributed by atoms with Crippen molar-refractivity contribution < 1.29 is 0 Å². The fraction of sp³-hybridized carbons (Fsp3) is 0.333. The third-order valence-corrected chi connectivity index (χ3v) is 5.05. The fourth-order valence-corrected chi connectivity index (χ4v) is 3.78. The molecule has 0 aliphatic heterocycles. The minimum Gasteiger partial charge on any atom is -0.358 e. The van der Waals surface area contributed by atoms with Gasteiger partial charge in [-0.1, -0.05) is 30.3 Å². The summed E-state index contributed by atoms with van der Waals surface area (Å²) >= 11 is 0. The summed E-state index contributed by atoms with van der Waals surface area (Å²) in [6.45, 7) is 2.36. The second-order valence-electron chi connectivity index (χ2n) is 6.80. The molecule has 0 atom stereocenters. The SMILES string of the molecule is NCc1cccc(CNCc2ccc3[nH]c4c(c3c2)CCCC4)c1. The first-order valence-corrected chi connectivity index (χ1v) is 8.94. The number of benzene rings is 2. The van der Waals surface area contributed by atoms with E-state index in [0.29, 0.717) is 6.54 Å². The number of aromatic nitrogens is 1. The third-order valence-electron chi connectivity index (χ3n) is 5.05. The molecule has 0 amide bonds. The van der Waals surface area contributed by atoms with Crippen molar-refractivity contribution in [1.82, 2.24) is 10.3 Å². The predicted octanol–water partition coefficient (Wildman–Crippen LogP) is 3.80. The number of rotatable bonds is 5. The molecule has 0 saturated carbocycles. The monoisotopic (exact) mass is 319 g/mol. The fourth-order valence-electron chi connectivity index (χ4n) is 3.78. The van der Waals surface area contributed by atoms with Gasteiger partial charge >= 0.3 is 0 Å². The lowest BCUT2D eigenvalue weighted by Crippen LogP contribution is -2.13. The maximum Gasteiger partial charge on any atom is 0.0459 e. The van der Waals surface area contributed by atoms with Crippen LogP contribution in [0.15, 0.2) is 42.5 Å². The molecule has 24 heavy (non-hydrogen) atoms. The molecule has 1 aliphatic rings. The molecule has 3 heteroatoms. The summed E-state index contributed by atoms with van der Waals surface area (Å²) in [7, 11) is 0. The van der Waals surface area contributed by atoms with Gasteiger partial charge in [0.2, 0.25) is 0 Å². The highest BCUT2D eigenvalue weighted by Gasteiger charge is 2.15. The first-order valence-electron chi connectivity index (χ1n) is 8.94. The van der Waals surface area contributed by atoms with E-state index in [0.717, 1.165) is 13.1 Å². The summed E-state index contributed by atoms with van der Waals surface area (Å²) in [5, 5.41) is 4.98.